The Morgan fingerprint density at radius 2 is 1.61 bits per heavy atom. The Morgan fingerprint density at radius 1 is 0.939 bits per heavy atom. The van der Waals surface area contributed by atoms with Gasteiger partial charge >= 0.3 is 0 Å². The summed E-state index contributed by atoms with van der Waals surface area (Å²) in [6.45, 7) is 0. The quantitative estimate of drug-likeness (QED) is 0.202. The van der Waals surface area contributed by atoms with Crippen molar-refractivity contribution < 1.29 is 9.18 Å². The molecule has 1 heterocycles. The highest BCUT2D eigenvalue weighted by Crippen LogP contribution is 2.32. The second-order valence-electron chi connectivity index (χ2n) is 6.77. The zero-order valence-electron chi connectivity index (χ0n) is 17.0. The van der Waals surface area contributed by atoms with Crippen LogP contribution in [-0.2, 0) is 5.75 Å². The van der Waals surface area contributed by atoms with Gasteiger partial charge in [-0.25, -0.2) is 14.4 Å². The van der Waals surface area contributed by atoms with E-state index in [0.29, 0.717) is 25.9 Å². The molecular weight excluding hydrogens is 500 g/mol. The number of benzene rings is 3. The second kappa shape index (κ2) is 11.0. The summed E-state index contributed by atoms with van der Waals surface area (Å²) in [5, 5.41) is 4.32. The van der Waals surface area contributed by atoms with Crippen molar-refractivity contribution in [2.45, 2.75) is 20.7 Å². The minimum Gasteiger partial charge on any atom is -0.318 e. The number of carbonyl (C=O) groups is 1. The number of amides is 1. The van der Waals surface area contributed by atoms with Crippen molar-refractivity contribution >= 4 is 58.3 Å². The first-order valence-corrected chi connectivity index (χ1v) is 12.3. The Morgan fingerprint density at radius 3 is 2.30 bits per heavy atom. The van der Waals surface area contributed by atoms with Crippen LogP contribution < -0.4 is 5.32 Å². The van der Waals surface area contributed by atoms with Crippen LogP contribution in [0, 0.1) is 5.82 Å². The highest BCUT2D eigenvalue weighted by atomic mass is 35.5. The van der Waals surface area contributed by atoms with E-state index in [0.717, 1.165) is 10.5 Å². The molecule has 0 radical (unpaired) electrons. The number of nitrogens with one attached hydrogen (secondary N) is 1. The maximum absolute atomic E-state index is 14.1. The van der Waals surface area contributed by atoms with Gasteiger partial charge in [-0.1, -0.05) is 71.0 Å². The monoisotopic (exact) mass is 515 g/mol. The van der Waals surface area contributed by atoms with Crippen LogP contribution in [0.25, 0.3) is 0 Å². The summed E-state index contributed by atoms with van der Waals surface area (Å²) < 4.78 is 14.1. The fourth-order valence-corrected chi connectivity index (χ4v) is 4.65. The summed E-state index contributed by atoms with van der Waals surface area (Å²) in [5.41, 5.74) is 1.29. The smallest absolute Gasteiger partial charge is 0.275 e. The molecule has 0 aliphatic heterocycles. The summed E-state index contributed by atoms with van der Waals surface area (Å²) in [4.78, 5) is 23.4. The van der Waals surface area contributed by atoms with Crippen molar-refractivity contribution in [3.8, 4) is 0 Å². The predicted molar refractivity (Wildman–Crippen MR) is 133 cm³/mol. The maximum atomic E-state index is 14.1. The van der Waals surface area contributed by atoms with Gasteiger partial charge in [0.1, 0.15) is 11.5 Å². The second-order valence-corrected chi connectivity index (χ2v) is 9.70. The molecule has 1 N–H and O–H groups in total. The Bertz CT molecular complexity index is 1270. The molecule has 1 aromatic heterocycles. The van der Waals surface area contributed by atoms with Crippen molar-refractivity contribution in [2.75, 3.05) is 5.32 Å². The molecule has 4 nitrogen and oxygen atoms in total. The van der Waals surface area contributed by atoms with E-state index in [1.807, 2.05) is 36.4 Å². The first-order chi connectivity index (χ1) is 16.0. The lowest BCUT2D eigenvalue weighted by Gasteiger charge is -2.11. The molecule has 3 aromatic carbocycles. The van der Waals surface area contributed by atoms with E-state index in [1.165, 1.54) is 35.7 Å². The molecule has 9 heteroatoms. The third kappa shape index (κ3) is 6.48. The van der Waals surface area contributed by atoms with Gasteiger partial charge in [0.05, 0.1) is 10.6 Å². The summed E-state index contributed by atoms with van der Waals surface area (Å²) in [6.07, 6.45) is 1.60. The molecule has 0 atom stereocenters. The zero-order valence-corrected chi connectivity index (χ0v) is 20.1. The summed E-state index contributed by atoms with van der Waals surface area (Å²) in [5.74, 6) is -0.439. The molecule has 0 saturated heterocycles. The number of anilines is 1. The van der Waals surface area contributed by atoms with Gasteiger partial charge in [-0.05, 0) is 54.1 Å². The van der Waals surface area contributed by atoms with Gasteiger partial charge in [0.2, 0.25) is 0 Å². The molecule has 0 unspecified atom stereocenters. The van der Waals surface area contributed by atoms with Gasteiger partial charge in [0.15, 0.2) is 5.16 Å². The molecule has 0 spiro atoms. The summed E-state index contributed by atoms with van der Waals surface area (Å²) in [6, 6.07) is 20.7. The lowest BCUT2D eigenvalue weighted by molar-refractivity contribution is 0.101. The van der Waals surface area contributed by atoms with Crippen LogP contribution in [-0.4, -0.2) is 15.9 Å². The number of aromatic nitrogens is 2. The van der Waals surface area contributed by atoms with Crippen LogP contribution in [0.2, 0.25) is 10.0 Å². The van der Waals surface area contributed by atoms with Crippen LogP contribution in [0.15, 0.2) is 93.9 Å². The van der Waals surface area contributed by atoms with Crippen LogP contribution >= 0.6 is 46.7 Å². The van der Waals surface area contributed by atoms with E-state index in [9.17, 15) is 9.18 Å². The Hall–Kier alpha value is -2.58. The Balaban J connectivity index is 1.60. The topological polar surface area (TPSA) is 54.9 Å². The van der Waals surface area contributed by atoms with Crippen LogP contribution in [0.3, 0.4) is 0 Å². The fourth-order valence-electron chi connectivity index (χ4n) is 2.76. The summed E-state index contributed by atoms with van der Waals surface area (Å²) >= 11 is 14.6. The molecule has 0 aliphatic rings. The molecule has 0 aliphatic carbocycles. The maximum Gasteiger partial charge on any atom is 0.275 e. The molecule has 0 fully saturated rings. The number of halogens is 3. The van der Waals surface area contributed by atoms with E-state index >= 15 is 0 Å². The van der Waals surface area contributed by atoms with Gasteiger partial charge < -0.3 is 5.32 Å². The SMILES string of the molecule is O=C(Nc1ccccc1F)c1nc(SCc2ccc(Cl)cc2)ncc1Sc1ccc(Cl)cc1. The highest BCUT2D eigenvalue weighted by Gasteiger charge is 2.18. The van der Waals surface area contributed by atoms with Crippen LogP contribution in [0.5, 0.6) is 0 Å². The number of carbonyl (C=O) groups excluding carboxylic acids is 1. The van der Waals surface area contributed by atoms with E-state index in [1.54, 1.807) is 30.5 Å². The van der Waals surface area contributed by atoms with Gasteiger partial charge in [-0.3, -0.25) is 4.79 Å². The van der Waals surface area contributed by atoms with Crippen molar-refractivity contribution in [2.24, 2.45) is 0 Å². The first kappa shape index (κ1) is 23.6. The van der Waals surface area contributed by atoms with Crippen molar-refractivity contribution in [1.82, 2.24) is 9.97 Å². The predicted octanol–water partition coefficient (Wildman–Crippen LogP) is 7.62. The number of hydrogen-bond acceptors (Lipinski definition) is 5. The third-order valence-electron chi connectivity index (χ3n) is 4.39. The number of thioether (sulfide) groups is 1. The van der Waals surface area contributed by atoms with Gasteiger partial charge in [0.25, 0.3) is 5.91 Å². The van der Waals surface area contributed by atoms with E-state index < -0.39 is 11.7 Å². The van der Waals surface area contributed by atoms with Crippen molar-refractivity contribution in [3.05, 3.63) is 106 Å². The van der Waals surface area contributed by atoms with Gasteiger partial charge in [0, 0.05) is 26.9 Å². The molecular formula is C24H16Cl2FN3OS2. The van der Waals surface area contributed by atoms with Crippen molar-refractivity contribution in [1.29, 1.82) is 0 Å². The molecule has 1 amide bonds. The largest absolute Gasteiger partial charge is 0.318 e. The number of rotatable bonds is 7. The van der Waals surface area contributed by atoms with E-state index in [4.69, 9.17) is 23.2 Å². The summed E-state index contributed by atoms with van der Waals surface area (Å²) in [7, 11) is 0. The van der Waals surface area contributed by atoms with Gasteiger partial charge in [-0.2, -0.15) is 0 Å². The molecule has 4 rings (SSSR count). The highest BCUT2D eigenvalue weighted by molar-refractivity contribution is 7.99. The van der Waals surface area contributed by atoms with Crippen LogP contribution in [0.1, 0.15) is 16.1 Å². The molecule has 166 valence electrons. The van der Waals surface area contributed by atoms with E-state index in [-0.39, 0.29) is 11.4 Å². The average Bonchev–Trinajstić information content (AvgIpc) is 2.82. The standard InChI is InChI=1S/C24H16Cl2FN3OS2/c25-16-7-5-15(6-8-16)14-32-24-28-13-21(33-18-11-9-17(26)10-12-18)22(30-24)23(31)29-20-4-2-1-3-19(20)27/h1-13H,14H2,(H,29,31). The first-order valence-electron chi connectivity index (χ1n) is 9.71. The Kier molecular flexibility index (Phi) is 7.88. The average molecular weight is 516 g/mol. The molecule has 0 saturated carbocycles. The molecule has 0 bridgehead atoms. The van der Waals surface area contributed by atoms with E-state index in [2.05, 4.69) is 15.3 Å². The molecule has 33 heavy (non-hydrogen) atoms. The van der Waals surface area contributed by atoms with Gasteiger partial charge in [-0.15, -0.1) is 0 Å². The lowest BCUT2D eigenvalue weighted by Crippen LogP contribution is -2.16. The molecule has 4 aromatic rings. The Labute approximate surface area is 209 Å². The number of nitrogens with zero attached hydrogens (tertiary/aromatic N) is 2. The normalized spacial score (nSPS) is 10.8. The zero-order chi connectivity index (χ0) is 23.2. The lowest BCUT2D eigenvalue weighted by atomic mass is 10.2. The minimum absolute atomic E-state index is 0.0823. The fraction of sp³-hybridized carbons (Fsp3) is 0.0417. The number of hydrogen-bond donors (Lipinski definition) is 1. The van der Waals surface area contributed by atoms with Crippen molar-refractivity contribution in [3.63, 3.8) is 0 Å². The third-order valence-corrected chi connectivity index (χ3v) is 6.86. The number of para-hydroxylation sites is 1. The van der Waals surface area contributed by atoms with Crippen LogP contribution in [0.4, 0.5) is 10.1 Å². The minimum atomic E-state index is -0.524.